The van der Waals surface area contributed by atoms with Crippen LogP contribution in [0.5, 0.6) is 0 Å². The molecular weight excluding hydrogens is 285 g/mol. The average Bonchev–Trinajstić information content (AvgIpc) is 3.11. The Morgan fingerprint density at radius 2 is 2.35 bits per heavy atom. The Kier molecular flexibility index (Phi) is 4.34. The molecule has 0 bridgehead atoms. The van der Waals surface area contributed by atoms with Crippen LogP contribution in [0.25, 0.3) is 0 Å². The summed E-state index contributed by atoms with van der Waals surface area (Å²) >= 11 is 3.19. The molecule has 0 unspecified atom stereocenters. The van der Waals surface area contributed by atoms with Crippen molar-refractivity contribution < 1.29 is 4.39 Å². The smallest absolute Gasteiger partial charge is 0.166 e. The number of halogens is 2. The van der Waals surface area contributed by atoms with Crippen LogP contribution in [0, 0.1) is 5.82 Å². The lowest BCUT2D eigenvalue weighted by molar-refractivity contribution is 0.289. The van der Waals surface area contributed by atoms with Gasteiger partial charge in [0.1, 0.15) is 0 Å². The Labute approximate surface area is 110 Å². The first-order valence-corrected chi connectivity index (χ1v) is 6.79. The lowest BCUT2D eigenvalue weighted by atomic mass is 10.4. The average molecular weight is 302 g/mol. The van der Waals surface area contributed by atoms with Crippen LogP contribution in [0.15, 0.2) is 16.7 Å². The van der Waals surface area contributed by atoms with Crippen LogP contribution in [0.2, 0.25) is 0 Å². The standard InChI is InChI=1S/C12H17BrFN3/c1-2-17(10-3-4-10)6-5-15-12-11(14)7-9(13)8-16-12/h7-8,10H,2-6H2,1H3,(H,15,16). The summed E-state index contributed by atoms with van der Waals surface area (Å²) in [6.45, 7) is 4.90. The van der Waals surface area contributed by atoms with Crippen molar-refractivity contribution in [2.24, 2.45) is 0 Å². The summed E-state index contributed by atoms with van der Waals surface area (Å²) in [5.41, 5.74) is 0. The zero-order valence-corrected chi connectivity index (χ0v) is 11.5. The predicted octanol–water partition coefficient (Wildman–Crippen LogP) is 2.88. The third-order valence-electron chi connectivity index (χ3n) is 2.97. The van der Waals surface area contributed by atoms with Gasteiger partial charge in [-0.15, -0.1) is 0 Å². The number of hydrogen-bond donors (Lipinski definition) is 1. The first kappa shape index (κ1) is 12.8. The van der Waals surface area contributed by atoms with Gasteiger partial charge in [-0.3, -0.25) is 4.90 Å². The summed E-state index contributed by atoms with van der Waals surface area (Å²) in [6.07, 6.45) is 4.21. The van der Waals surface area contributed by atoms with Crippen molar-refractivity contribution in [1.82, 2.24) is 9.88 Å². The molecule has 1 aromatic heterocycles. The number of rotatable bonds is 6. The van der Waals surface area contributed by atoms with Gasteiger partial charge in [-0.05, 0) is 41.4 Å². The van der Waals surface area contributed by atoms with E-state index in [4.69, 9.17) is 0 Å². The van der Waals surface area contributed by atoms with Crippen molar-refractivity contribution in [2.45, 2.75) is 25.8 Å². The summed E-state index contributed by atoms with van der Waals surface area (Å²) in [4.78, 5) is 6.43. The van der Waals surface area contributed by atoms with Crippen LogP contribution in [0.4, 0.5) is 10.2 Å². The van der Waals surface area contributed by atoms with Crippen molar-refractivity contribution in [3.63, 3.8) is 0 Å². The first-order valence-electron chi connectivity index (χ1n) is 5.99. The molecule has 1 N–H and O–H groups in total. The summed E-state index contributed by atoms with van der Waals surface area (Å²) in [7, 11) is 0. The SMILES string of the molecule is CCN(CCNc1ncc(Br)cc1F)C1CC1. The Bertz CT molecular complexity index is 382. The number of nitrogens with one attached hydrogen (secondary N) is 1. The van der Waals surface area contributed by atoms with Gasteiger partial charge in [-0.1, -0.05) is 6.92 Å². The van der Waals surface area contributed by atoms with Gasteiger partial charge >= 0.3 is 0 Å². The van der Waals surface area contributed by atoms with E-state index in [0.717, 1.165) is 25.7 Å². The van der Waals surface area contributed by atoms with Crippen molar-refractivity contribution >= 4 is 21.7 Å². The predicted molar refractivity (Wildman–Crippen MR) is 70.7 cm³/mol. The van der Waals surface area contributed by atoms with E-state index in [-0.39, 0.29) is 5.82 Å². The van der Waals surface area contributed by atoms with Gasteiger partial charge in [0.2, 0.25) is 0 Å². The van der Waals surface area contributed by atoms with Gasteiger partial charge in [0.25, 0.3) is 0 Å². The monoisotopic (exact) mass is 301 g/mol. The molecule has 1 aromatic rings. The number of likely N-dealkylation sites (N-methyl/N-ethyl adjacent to an activating group) is 1. The maximum Gasteiger partial charge on any atom is 0.166 e. The number of hydrogen-bond acceptors (Lipinski definition) is 3. The molecule has 2 rings (SSSR count). The molecular formula is C12H17BrFN3. The molecule has 5 heteroatoms. The molecule has 0 aliphatic heterocycles. The van der Waals surface area contributed by atoms with Gasteiger partial charge in [-0.2, -0.15) is 0 Å². The minimum Gasteiger partial charge on any atom is -0.366 e. The van der Waals surface area contributed by atoms with Gasteiger partial charge in [0.05, 0.1) is 0 Å². The highest BCUT2D eigenvalue weighted by atomic mass is 79.9. The van der Waals surface area contributed by atoms with Crippen LogP contribution in [0.1, 0.15) is 19.8 Å². The first-order chi connectivity index (χ1) is 8.20. The number of nitrogens with zero attached hydrogens (tertiary/aromatic N) is 2. The van der Waals surface area contributed by atoms with Crippen molar-refractivity contribution in [2.75, 3.05) is 25.0 Å². The van der Waals surface area contributed by atoms with Crippen LogP contribution < -0.4 is 5.32 Å². The fraction of sp³-hybridized carbons (Fsp3) is 0.583. The second-order valence-electron chi connectivity index (χ2n) is 4.27. The lowest BCUT2D eigenvalue weighted by Gasteiger charge is -2.19. The van der Waals surface area contributed by atoms with E-state index in [1.54, 1.807) is 6.20 Å². The number of pyridine rings is 1. The molecule has 0 atom stereocenters. The second kappa shape index (κ2) is 5.78. The highest BCUT2D eigenvalue weighted by Gasteiger charge is 2.27. The highest BCUT2D eigenvalue weighted by Crippen LogP contribution is 2.26. The zero-order chi connectivity index (χ0) is 12.3. The quantitative estimate of drug-likeness (QED) is 0.876. The van der Waals surface area contributed by atoms with E-state index in [1.807, 2.05) is 0 Å². The zero-order valence-electron chi connectivity index (χ0n) is 9.92. The van der Waals surface area contributed by atoms with Crippen molar-refractivity contribution in [3.05, 3.63) is 22.6 Å². The Morgan fingerprint density at radius 3 is 2.94 bits per heavy atom. The summed E-state index contributed by atoms with van der Waals surface area (Å²) in [5.74, 6) is 0.0221. The number of anilines is 1. The molecule has 0 amide bonds. The molecule has 1 saturated carbocycles. The summed E-state index contributed by atoms with van der Waals surface area (Å²) < 4.78 is 14.1. The van der Waals surface area contributed by atoms with Crippen molar-refractivity contribution in [1.29, 1.82) is 0 Å². The third-order valence-corrected chi connectivity index (χ3v) is 3.40. The fourth-order valence-electron chi connectivity index (χ4n) is 1.90. The fourth-order valence-corrected chi connectivity index (χ4v) is 2.20. The molecule has 1 aliphatic carbocycles. The molecule has 0 radical (unpaired) electrons. The molecule has 0 saturated heterocycles. The van der Waals surface area contributed by atoms with Crippen molar-refractivity contribution in [3.8, 4) is 0 Å². The third kappa shape index (κ3) is 3.64. The van der Waals surface area contributed by atoms with E-state index < -0.39 is 0 Å². The molecule has 0 aromatic carbocycles. The topological polar surface area (TPSA) is 28.2 Å². The van der Waals surface area contributed by atoms with Gasteiger partial charge in [0.15, 0.2) is 11.6 Å². The summed E-state index contributed by atoms with van der Waals surface area (Å²) in [5, 5.41) is 3.04. The molecule has 17 heavy (non-hydrogen) atoms. The van der Waals surface area contributed by atoms with Crippen LogP contribution in [-0.4, -0.2) is 35.6 Å². The molecule has 1 heterocycles. The van der Waals surface area contributed by atoms with Crippen LogP contribution >= 0.6 is 15.9 Å². The largest absolute Gasteiger partial charge is 0.366 e. The maximum absolute atomic E-state index is 13.5. The van der Waals surface area contributed by atoms with E-state index in [0.29, 0.717) is 10.3 Å². The molecule has 0 spiro atoms. The van der Waals surface area contributed by atoms with E-state index in [2.05, 4.69) is 38.1 Å². The second-order valence-corrected chi connectivity index (χ2v) is 5.19. The summed E-state index contributed by atoms with van der Waals surface area (Å²) in [6, 6.07) is 2.18. The Balaban J connectivity index is 1.80. The molecule has 1 fully saturated rings. The van der Waals surface area contributed by atoms with Crippen LogP contribution in [-0.2, 0) is 0 Å². The highest BCUT2D eigenvalue weighted by molar-refractivity contribution is 9.10. The van der Waals surface area contributed by atoms with Crippen LogP contribution in [0.3, 0.4) is 0 Å². The Morgan fingerprint density at radius 1 is 1.59 bits per heavy atom. The molecule has 1 aliphatic rings. The minimum absolute atomic E-state index is 0.311. The maximum atomic E-state index is 13.5. The van der Waals surface area contributed by atoms with E-state index in [1.165, 1.54) is 18.9 Å². The minimum atomic E-state index is -0.311. The number of aromatic nitrogens is 1. The lowest BCUT2D eigenvalue weighted by Crippen LogP contribution is -2.31. The van der Waals surface area contributed by atoms with Gasteiger partial charge in [-0.25, -0.2) is 9.37 Å². The van der Waals surface area contributed by atoms with Gasteiger partial charge in [0, 0.05) is 29.8 Å². The molecule has 94 valence electrons. The Hall–Kier alpha value is -0.680. The van der Waals surface area contributed by atoms with Gasteiger partial charge < -0.3 is 5.32 Å². The van der Waals surface area contributed by atoms with E-state index >= 15 is 0 Å². The van der Waals surface area contributed by atoms with E-state index in [9.17, 15) is 4.39 Å². The molecule has 3 nitrogen and oxygen atoms in total. The normalized spacial score (nSPS) is 15.3.